The second kappa shape index (κ2) is 9.06. The van der Waals surface area contributed by atoms with Gasteiger partial charge in [0.2, 0.25) is 5.91 Å². The van der Waals surface area contributed by atoms with Crippen LogP contribution in [-0.4, -0.2) is 40.5 Å². The highest BCUT2D eigenvalue weighted by molar-refractivity contribution is 5.87. The van der Waals surface area contributed by atoms with E-state index in [-0.39, 0.29) is 13.0 Å². The highest BCUT2D eigenvalue weighted by Gasteiger charge is 2.22. The number of aliphatic carboxylic acids is 1. The van der Waals surface area contributed by atoms with Crippen molar-refractivity contribution in [3.8, 4) is 0 Å². The predicted molar refractivity (Wildman–Crippen MR) is 83.9 cm³/mol. The molecule has 0 bridgehead atoms. The summed E-state index contributed by atoms with van der Waals surface area (Å²) in [4.78, 5) is 41.1. The summed E-state index contributed by atoms with van der Waals surface area (Å²) in [6, 6.07) is 8.02. The number of hydrogen-bond donors (Lipinski definition) is 3. The van der Waals surface area contributed by atoms with Crippen LogP contribution in [0.4, 0.5) is 4.79 Å². The van der Waals surface area contributed by atoms with Gasteiger partial charge < -0.3 is 30.3 Å². The summed E-state index contributed by atoms with van der Waals surface area (Å²) in [6.45, 7) is -0.608. The molecule has 2 amide bonds. The number of alkyl carbamates (subject to hydrolysis) is 1. The first-order valence-electron chi connectivity index (χ1n) is 7.46. The van der Waals surface area contributed by atoms with E-state index in [1.807, 2.05) is 18.2 Å². The lowest BCUT2D eigenvalue weighted by atomic mass is 10.1. The number of carboxylic acid groups (broad SMARTS) is 1. The molecule has 132 valence electrons. The summed E-state index contributed by atoms with van der Waals surface area (Å²) >= 11 is 0. The average Bonchev–Trinajstić information content (AvgIpc) is 3.11. The van der Waals surface area contributed by atoms with Crippen LogP contribution in [0.15, 0.2) is 42.9 Å². The zero-order valence-corrected chi connectivity index (χ0v) is 13.2. The van der Waals surface area contributed by atoms with Gasteiger partial charge in [0.25, 0.3) is 0 Å². The third-order valence-corrected chi connectivity index (χ3v) is 3.21. The summed E-state index contributed by atoms with van der Waals surface area (Å²) in [6.07, 6.45) is 2.23. The quantitative estimate of drug-likeness (QED) is 0.568. The molecule has 1 heterocycles. The van der Waals surface area contributed by atoms with Crippen molar-refractivity contribution in [2.24, 2.45) is 0 Å². The first-order chi connectivity index (χ1) is 12.0. The molecule has 0 saturated carbocycles. The number of nitrogens with one attached hydrogen (secondary N) is 3. The molecule has 3 N–H and O–H groups in total. The number of H-pyrrole nitrogens is 1. The van der Waals surface area contributed by atoms with Crippen molar-refractivity contribution < 1.29 is 24.2 Å². The minimum absolute atomic E-state index is 0.0457. The van der Waals surface area contributed by atoms with Gasteiger partial charge in [-0.1, -0.05) is 30.3 Å². The molecule has 0 radical (unpaired) electrons. The van der Waals surface area contributed by atoms with Crippen molar-refractivity contribution in [3.05, 3.63) is 54.1 Å². The van der Waals surface area contributed by atoms with Crippen LogP contribution in [-0.2, 0) is 27.4 Å². The number of aromatic nitrogens is 2. The van der Waals surface area contributed by atoms with Crippen molar-refractivity contribution in [2.45, 2.75) is 19.1 Å². The predicted octanol–water partition coefficient (Wildman–Crippen LogP) is -0.887. The summed E-state index contributed by atoms with van der Waals surface area (Å²) in [7, 11) is 0. The lowest BCUT2D eigenvalue weighted by molar-refractivity contribution is -0.304. The van der Waals surface area contributed by atoms with Gasteiger partial charge in [0.15, 0.2) is 0 Å². The van der Waals surface area contributed by atoms with E-state index in [1.165, 1.54) is 12.5 Å². The number of carboxylic acids is 1. The number of carbonyl (C=O) groups excluding carboxylic acids is 3. The zero-order valence-electron chi connectivity index (χ0n) is 13.2. The number of nitrogens with zero attached hydrogens (tertiary/aromatic N) is 1. The standard InChI is InChI=1S/C16H18N4O5/c21-14(22)8-18-15(23)13(6-12-7-17-10-19-12)20-16(24)25-9-11-4-2-1-3-5-11/h1-5,7,10,13H,6,8-9H2,(H,17,19)(H,18,23)(H,20,24)(H,21,22)/p-1/t13-/m0/s1. The molecular formula is C16H17N4O5-. The van der Waals surface area contributed by atoms with Gasteiger partial charge in [0.1, 0.15) is 12.6 Å². The Balaban J connectivity index is 1.92. The van der Waals surface area contributed by atoms with E-state index in [1.54, 1.807) is 12.1 Å². The maximum absolute atomic E-state index is 12.1. The lowest BCUT2D eigenvalue weighted by Crippen LogP contribution is -2.50. The molecule has 25 heavy (non-hydrogen) atoms. The SMILES string of the molecule is O=C([O-])CNC(=O)[C@H](Cc1cnc[nH]1)NC(=O)OCc1ccccc1. The van der Waals surface area contributed by atoms with Crippen molar-refractivity contribution in [1.82, 2.24) is 20.6 Å². The van der Waals surface area contributed by atoms with Gasteiger partial charge in [-0.2, -0.15) is 0 Å². The molecule has 9 nitrogen and oxygen atoms in total. The van der Waals surface area contributed by atoms with E-state index in [0.717, 1.165) is 5.56 Å². The molecule has 2 rings (SSSR count). The largest absolute Gasteiger partial charge is 0.548 e. The van der Waals surface area contributed by atoms with Crippen molar-refractivity contribution in [2.75, 3.05) is 6.54 Å². The van der Waals surface area contributed by atoms with Gasteiger partial charge in [0.05, 0.1) is 18.8 Å². The summed E-state index contributed by atoms with van der Waals surface area (Å²) in [5, 5.41) is 15.1. The molecule has 0 saturated heterocycles. The van der Waals surface area contributed by atoms with Gasteiger partial charge in [0, 0.05) is 18.3 Å². The Morgan fingerprint density at radius 1 is 1.24 bits per heavy atom. The molecule has 0 unspecified atom stereocenters. The number of ether oxygens (including phenoxy) is 1. The van der Waals surface area contributed by atoms with E-state index < -0.39 is 30.6 Å². The topological polar surface area (TPSA) is 136 Å². The normalized spacial score (nSPS) is 11.4. The lowest BCUT2D eigenvalue weighted by Gasteiger charge is -2.18. The molecule has 0 aliphatic heterocycles. The fourth-order valence-electron chi connectivity index (χ4n) is 2.02. The Hall–Kier alpha value is -3.36. The smallest absolute Gasteiger partial charge is 0.408 e. The summed E-state index contributed by atoms with van der Waals surface area (Å²) in [5.74, 6) is -2.10. The van der Waals surface area contributed by atoms with Crippen LogP contribution in [0.3, 0.4) is 0 Å². The minimum Gasteiger partial charge on any atom is -0.548 e. The van der Waals surface area contributed by atoms with Gasteiger partial charge in [-0.25, -0.2) is 9.78 Å². The first kappa shape index (κ1) is 18.0. The molecule has 1 aromatic carbocycles. The maximum atomic E-state index is 12.1. The Bertz CT molecular complexity index is 703. The fourth-order valence-corrected chi connectivity index (χ4v) is 2.02. The maximum Gasteiger partial charge on any atom is 0.408 e. The molecule has 0 fully saturated rings. The number of carbonyl (C=O) groups is 3. The Morgan fingerprint density at radius 2 is 2.00 bits per heavy atom. The van der Waals surface area contributed by atoms with Gasteiger partial charge in [-0.15, -0.1) is 0 Å². The van der Waals surface area contributed by atoms with Crippen LogP contribution < -0.4 is 15.7 Å². The number of benzene rings is 1. The highest BCUT2D eigenvalue weighted by atomic mass is 16.5. The van der Waals surface area contributed by atoms with E-state index in [2.05, 4.69) is 20.6 Å². The van der Waals surface area contributed by atoms with E-state index in [9.17, 15) is 19.5 Å². The van der Waals surface area contributed by atoms with Crippen LogP contribution in [0.2, 0.25) is 0 Å². The van der Waals surface area contributed by atoms with Crippen molar-refractivity contribution >= 4 is 18.0 Å². The first-order valence-corrected chi connectivity index (χ1v) is 7.46. The molecule has 2 aromatic rings. The Kier molecular flexibility index (Phi) is 6.52. The van der Waals surface area contributed by atoms with Gasteiger partial charge in [-0.3, -0.25) is 4.79 Å². The second-order valence-electron chi connectivity index (χ2n) is 5.13. The molecule has 0 spiro atoms. The third-order valence-electron chi connectivity index (χ3n) is 3.21. The fraction of sp³-hybridized carbons (Fsp3) is 0.250. The highest BCUT2D eigenvalue weighted by Crippen LogP contribution is 2.03. The Morgan fingerprint density at radius 3 is 2.64 bits per heavy atom. The zero-order chi connectivity index (χ0) is 18.1. The summed E-state index contributed by atoms with van der Waals surface area (Å²) in [5.41, 5.74) is 1.39. The molecule has 1 aromatic heterocycles. The number of rotatable bonds is 8. The number of imidazole rings is 1. The van der Waals surface area contributed by atoms with Crippen LogP contribution >= 0.6 is 0 Å². The molecule has 0 aliphatic rings. The van der Waals surface area contributed by atoms with Crippen LogP contribution in [0.5, 0.6) is 0 Å². The van der Waals surface area contributed by atoms with Gasteiger partial charge in [-0.05, 0) is 5.56 Å². The molecule has 1 atom stereocenters. The van der Waals surface area contributed by atoms with Crippen LogP contribution in [0, 0.1) is 0 Å². The number of hydrogen-bond acceptors (Lipinski definition) is 6. The van der Waals surface area contributed by atoms with Gasteiger partial charge >= 0.3 is 6.09 Å². The molecule has 9 heteroatoms. The van der Waals surface area contributed by atoms with E-state index in [0.29, 0.717) is 5.69 Å². The minimum atomic E-state index is -1.43. The van der Waals surface area contributed by atoms with Crippen molar-refractivity contribution in [3.63, 3.8) is 0 Å². The van der Waals surface area contributed by atoms with Crippen LogP contribution in [0.1, 0.15) is 11.3 Å². The van der Waals surface area contributed by atoms with E-state index in [4.69, 9.17) is 4.74 Å². The molecule has 0 aliphatic carbocycles. The second-order valence-corrected chi connectivity index (χ2v) is 5.13. The number of aromatic amines is 1. The van der Waals surface area contributed by atoms with Crippen LogP contribution in [0.25, 0.3) is 0 Å². The average molecular weight is 345 g/mol. The third kappa shape index (κ3) is 6.34. The summed E-state index contributed by atoms with van der Waals surface area (Å²) < 4.78 is 5.07. The molecular weight excluding hydrogens is 328 g/mol. The number of amides is 2. The van der Waals surface area contributed by atoms with Crippen molar-refractivity contribution in [1.29, 1.82) is 0 Å². The monoisotopic (exact) mass is 345 g/mol. The van der Waals surface area contributed by atoms with E-state index >= 15 is 0 Å². The Labute approximate surface area is 143 Å².